The Labute approximate surface area is 182 Å². The van der Waals surface area contributed by atoms with Gasteiger partial charge in [0.2, 0.25) is 5.91 Å². The molecule has 1 unspecified atom stereocenters. The van der Waals surface area contributed by atoms with Crippen LogP contribution in [0.5, 0.6) is 5.75 Å². The van der Waals surface area contributed by atoms with Gasteiger partial charge < -0.3 is 26.8 Å². The number of amides is 3. The van der Waals surface area contributed by atoms with Crippen LogP contribution >= 0.6 is 11.6 Å². The van der Waals surface area contributed by atoms with Gasteiger partial charge in [-0.2, -0.15) is 0 Å². The topological polar surface area (TPSA) is 160 Å². The van der Waals surface area contributed by atoms with Gasteiger partial charge in [-0.05, 0) is 25.1 Å². The fourth-order valence-corrected chi connectivity index (χ4v) is 2.72. The first-order chi connectivity index (χ1) is 14.5. The van der Waals surface area contributed by atoms with Gasteiger partial charge in [0, 0.05) is 30.2 Å². The molecule has 31 heavy (non-hydrogen) atoms. The minimum absolute atomic E-state index is 0.0171. The third-order valence-electron chi connectivity index (χ3n) is 4.12. The summed E-state index contributed by atoms with van der Waals surface area (Å²) in [5, 5.41) is 12.1. The van der Waals surface area contributed by atoms with Crippen molar-refractivity contribution in [2.45, 2.75) is 26.5 Å². The minimum Gasteiger partial charge on any atom is -0.481 e. The molecule has 0 saturated carbocycles. The second kappa shape index (κ2) is 9.90. The molecule has 0 aromatic heterocycles. The molecule has 0 aliphatic rings. The Balaban J connectivity index is 2.26. The highest BCUT2D eigenvalue weighted by Gasteiger charge is 2.17. The first-order valence-corrected chi connectivity index (χ1v) is 9.35. The van der Waals surface area contributed by atoms with Crippen LogP contribution in [0.2, 0.25) is 5.02 Å². The molecular formula is C20H21ClFN5O4. The largest absolute Gasteiger partial charge is 0.481 e. The molecular weight excluding hydrogens is 429 g/mol. The van der Waals surface area contributed by atoms with E-state index in [0.717, 1.165) is 12.1 Å². The van der Waals surface area contributed by atoms with Crippen molar-refractivity contribution in [3.63, 3.8) is 0 Å². The first-order valence-electron chi connectivity index (χ1n) is 8.97. The lowest BCUT2D eigenvalue weighted by atomic mass is 10.1. The summed E-state index contributed by atoms with van der Waals surface area (Å²) in [5.74, 6) is -2.69. The molecule has 9 nitrogen and oxygen atoms in total. The van der Waals surface area contributed by atoms with Crippen molar-refractivity contribution in [2.24, 2.45) is 11.5 Å². The number of anilines is 1. The van der Waals surface area contributed by atoms with E-state index in [1.165, 1.54) is 19.9 Å². The van der Waals surface area contributed by atoms with Crippen molar-refractivity contribution in [3.05, 3.63) is 57.9 Å². The van der Waals surface area contributed by atoms with E-state index < -0.39 is 29.6 Å². The number of halogens is 2. The first kappa shape index (κ1) is 23.6. The molecule has 0 aliphatic heterocycles. The standard InChI is InChI=1S/C20H21ClFN5O4/c1-9(19(25)29)31-16-7-11(18(23)24)3-4-12(16)8-26-20(30)13-5-14(21)17(22)15(6-13)27-10(2)28/h3-7,9H,8H2,1-2H3,(H3,23,24)(H2,25,29)(H,26,30)(H,27,28). The number of carbonyl (C=O) groups excluding carboxylic acids is 3. The number of primary amides is 1. The van der Waals surface area contributed by atoms with Crippen LogP contribution in [-0.4, -0.2) is 29.7 Å². The third kappa shape index (κ3) is 6.16. The smallest absolute Gasteiger partial charge is 0.258 e. The normalized spacial score (nSPS) is 11.4. The highest BCUT2D eigenvalue weighted by atomic mass is 35.5. The molecule has 11 heteroatoms. The molecule has 7 N–H and O–H groups in total. The maximum Gasteiger partial charge on any atom is 0.258 e. The van der Waals surface area contributed by atoms with Gasteiger partial charge in [-0.1, -0.05) is 23.7 Å². The van der Waals surface area contributed by atoms with Crippen molar-refractivity contribution in [2.75, 3.05) is 5.32 Å². The van der Waals surface area contributed by atoms with Crippen LogP contribution in [-0.2, 0) is 16.1 Å². The molecule has 2 aromatic carbocycles. The van der Waals surface area contributed by atoms with Crippen LogP contribution in [0.3, 0.4) is 0 Å². The van der Waals surface area contributed by atoms with Gasteiger partial charge in [-0.15, -0.1) is 0 Å². The van der Waals surface area contributed by atoms with Crippen LogP contribution in [0.25, 0.3) is 0 Å². The lowest BCUT2D eigenvalue weighted by Crippen LogP contribution is -2.31. The maximum atomic E-state index is 14.0. The van der Waals surface area contributed by atoms with Crippen LogP contribution in [0.15, 0.2) is 30.3 Å². The van der Waals surface area contributed by atoms with Crippen LogP contribution < -0.4 is 26.8 Å². The molecule has 0 bridgehead atoms. The van der Waals surface area contributed by atoms with E-state index in [0.29, 0.717) is 11.1 Å². The molecule has 0 aliphatic carbocycles. The number of hydrogen-bond acceptors (Lipinski definition) is 5. The van der Waals surface area contributed by atoms with Crippen LogP contribution in [0.4, 0.5) is 10.1 Å². The van der Waals surface area contributed by atoms with Gasteiger partial charge >= 0.3 is 0 Å². The highest BCUT2D eigenvalue weighted by Crippen LogP contribution is 2.26. The summed E-state index contributed by atoms with van der Waals surface area (Å²) < 4.78 is 19.6. The van der Waals surface area contributed by atoms with Gasteiger partial charge in [0.25, 0.3) is 11.8 Å². The zero-order valence-electron chi connectivity index (χ0n) is 16.7. The highest BCUT2D eigenvalue weighted by molar-refractivity contribution is 6.31. The predicted octanol–water partition coefficient (Wildman–Crippen LogP) is 1.90. The number of benzene rings is 2. The minimum atomic E-state index is -0.965. The monoisotopic (exact) mass is 449 g/mol. The van der Waals surface area contributed by atoms with E-state index in [1.807, 2.05) is 0 Å². The van der Waals surface area contributed by atoms with E-state index in [4.69, 9.17) is 33.2 Å². The Kier molecular flexibility index (Phi) is 7.54. The van der Waals surface area contributed by atoms with Crippen molar-refractivity contribution in [1.82, 2.24) is 5.32 Å². The van der Waals surface area contributed by atoms with Crippen molar-refractivity contribution in [3.8, 4) is 5.75 Å². The van der Waals surface area contributed by atoms with Gasteiger partial charge in [-0.3, -0.25) is 19.8 Å². The Morgan fingerprint density at radius 2 is 1.87 bits per heavy atom. The Bertz CT molecular complexity index is 1060. The summed E-state index contributed by atoms with van der Waals surface area (Å²) in [6, 6.07) is 6.86. The average Bonchev–Trinajstić information content (AvgIpc) is 2.69. The van der Waals surface area contributed by atoms with E-state index in [1.54, 1.807) is 12.1 Å². The summed E-state index contributed by atoms with van der Waals surface area (Å²) in [6.07, 6.45) is -0.965. The molecule has 2 aromatic rings. The van der Waals surface area contributed by atoms with Gasteiger partial charge in [0.15, 0.2) is 11.9 Å². The number of amidine groups is 1. The molecule has 0 fully saturated rings. The zero-order valence-corrected chi connectivity index (χ0v) is 17.5. The van der Waals surface area contributed by atoms with Crippen LogP contribution in [0, 0.1) is 11.2 Å². The van der Waals surface area contributed by atoms with Crippen molar-refractivity contribution < 1.29 is 23.5 Å². The fourth-order valence-electron chi connectivity index (χ4n) is 2.50. The number of ether oxygens (including phenoxy) is 1. The second-order valence-corrected chi connectivity index (χ2v) is 6.99. The molecule has 164 valence electrons. The zero-order chi connectivity index (χ0) is 23.3. The quantitative estimate of drug-likeness (QED) is 0.307. The van der Waals surface area contributed by atoms with Crippen LogP contribution in [0.1, 0.15) is 35.3 Å². The fraction of sp³-hybridized carbons (Fsp3) is 0.200. The van der Waals surface area contributed by atoms with Crippen molar-refractivity contribution in [1.29, 1.82) is 5.41 Å². The van der Waals surface area contributed by atoms with Crippen molar-refractivity contribution >= 4 is 40.8 Å². The van der Waals surface area contributed by atoms with Gasteiger partial charge in [0.05, 0.1) is 10.7 Å². The number of carbonyl (C=O) groups is 3. The van der Waals surface area contributed by atoms with E-state index in [2.05, 4.69) is 10.6 Å². The van der Waals surface area contributed by atoms with E-state index in [9.17, 15) is 18.8 Å². The predicted molar refractivity (Wildman–Crippen MR) is 114 cm³/mol. The molecule has 0 saturated heterocycles. The summed E-state index contributed by atoms with van der Waals surface area (Å²) in [7, 11) is 0. The average molecular weight is 450 g/mol. The van der Waals surface area contributed by atoms with Gasteiger partial charge in [-0.25, -0.2) is 4.39 Å². The summed E-state index contributed by atoms with van der Waals surface area (Å²) in [5.41, 5.74) is 11.3. The lowest BCUT2D eigenvalue weighted by molar-refractivity contribution is -0.124. The number of nitrogen functional groups attached to an aromatic ring is 1. The van der Waals surface area contributed by atoms with E-state index in [-0.39, 0.29) is 34.4 Å². The number of nitrogens with one attached hydrogen (secondary N) is 3. The Morgan fingerprint density at radius 1 is 1.19 bits per heavy atom. The SMILES string of the molecule is CC(=O)Nc1cc(C(=O)NCc2ccc(C(=N)N)cc2OC(C)C(N)=O)cc(Cl)c1F. The molecule has 0 spiro atoms. The Morgan fingerprint density at radius 3 is 2.45 bits per heavy atom. The molecule has 0 radical (unpaired) electrons. The van der Waals surface area contributed by atoms with Gasteiger partial charge in [0.1, 0.15) is 11.6 Å². The third-order valence-corrected chi connectivity index (χ3v) is 4.40. The van der Waals surface area contributed by atoms with E-state index >= 15 is 0 Å². The Hall–Kier alpha value is -3.66. The summed E-state index contributed by atoms with van der Waals surface area (Å²) in [4.78, 5) is 35.1. The molecule has 0 heterocycles. The maximum absolute atomic E-state index is 14.0. The second-order valence-electron chi connectivity index (χ2n) is 6.58. The molecule has 2 rings (SSSR count). The summed E-state index contributed by atoms with van der Waals surface area (Å²) in [6.45, 7) is 2.61. The molecule has 1 atom stereocenters. The molecule has 3 amide bonds. The lowest BCUT2D eigenvalue weighted by Gasteiger charge is -2.17. The number of hydrogen-bond donors (Lipinski definition) is 5. The summed E-state index contributed by atoms with van der Waals surface area (Å²) >= 11 is 5.82. The number of nitrogens with two attached hydrogens (primary N) is 2. The number of rotatable bonds is 8.